The zero-order chi connectivity index (χ0) is 23.7. The van der Waals surface area contributed by atoms with Gasteiger partial charge in [0.2, 0.25) is 11.8 Å². The fraction of sp³-hybridized carbons (Fsp3) is 0.560. The van der Waals surface area contributed by atoms with Crippen LogP contribution in [0.4, 0.5) is 10.2 Å². The van der Waals surface area contributed by atoms with Gasteiger partial charge in [-0.05, 0) is 37.6 Å². The Morgan fingerprint density at radius 2 is 1.72 bits per heavy atom. The fourth-order valence-corrected chi connectivity index (χ4v) is 3.39. The Balaban J connectivity index is 2.09. The van der Waals surface area contributed by atoms with Crippen molar-refractivity contribution in [3.05, 3.63) is 41.8 Å². The van der Waals surface area contributed by atoms with Crippen molar-refractivity contribution < 1.29 is 14.0 Å². The Bertz CT molecular complexity index is 884. The molecule has 1 heterocycles. The molecule has 0 spiro atoms. The van der Waals surface area contributed by atoms with E-state index in [0.29, 0.717) is 24.5 Å². The van der Waals surface area contributed by atoms with E-state index in [0.717, 1.165) is 25.0 Å². The number of likely N-dealkylation sites (N-methyl/N-ethyl adjacent to an activating group) is 1. The number of unbranched alkanes of at least 4 members (excludes halogenated alkanes) is 4. The average molecular weight is 445 g/mol. The highest BCUT2D eigenvalue weighted by molar-refractivity contribution is 5.94. The molecule has 2 amide bonds. The molecular weight excluding hydrogens is 407 g/mol. The van der Waals surface area contributed by atoms with Gasteiger partial charge in [-0.15, -0.1) is 0 Å². The van der Waals surface area contributed by atoms with Crippen molar-refractivity contribution in [2.24, 2.45) is 0 Å². The second-order valence-corrected chi connectivity index (χ2v) is 9.17. The lowest BCUT2D eigenvalue weighted by molar-refractivity contribution is -0.134. The number of hydrogen-bond donors (Lipinski definition) is 1. The minimum Gasteiger partial charge on any atom is -0.334 e. The molecule has 0 fully saturated rings. The Morgan fingerprint density at radius 3 is 2.31 bits per heavy atom. The van der Waals surface area contributed by atoms with Crippen molar-refractivity contribution in [2.75, 3.05) is 18.4 Å². The van der Waals surface area contributed by atoms with Gasteiger partial charge in [0.05, 0.1) is 17.9 Å². The third-order valence-corrected chi connectivity index (χ3v) is 5.38. The molecule has 1 N–H and O–H groups in total. The summed E-state index contributed by atoms with van der Waals surface area (Å²) in [5.41, 5.74) is 1.22. The highest BCUT2D eigenvalue weighted by atomic mass is 19.1. The van der Waals surface area contributed by atoms with Crippen LogP contribution in [0.5, 0.6) is 0 Å². The van der Waals surface area contributed by atoms with E-state index in [1.807, 2.05) is 33.8 Å². The van der Waals surface area contributed by atoms with Gasteiger partial charge in [0.1, 0.15) is 11.6 Å². The average Bonchev–Trinajstić information content (AvgIpc) is 3.16. The lowest BCUT2D eigenvalue weighted by Gasteiger charge is -2.20. The summed E-state index contributed by atoms with van der Waals surface area (Å²) in [6.45, 7) is 10.6. The molecule has 0 bridgehead atoms. The number of halogens is 1. The zero-order valence-corrected chi connectivity index (χ0v) is 20.1. The van der Waals surface area contributed by atoms with Gasteiger partial charge in [-0.2, -0.15) is 5.10 Å². The summed E-state index contributed by atoms with van der Waals surface area (Å²) >= 11 is 0. The molecule has 0 atom stereocenters. The summed E-state index contributed by atoms with van der Waals surface area (Å²) in [7, 11) is 0. The summed E-state index contributed by atoms with van der Waals surface area (Å²) in [6, 6.07) is 7.78. The van der Waals surface area contributed by atoms with Gasteiger partial charge < -0.3 is 10.2 Å². The second kappa shape index (κ2) is 11.8. The van der Waals surface area contributed by atoms with Crippen molar-refractivity contribution >= 4 is 17.6 Å². The summed E-state index contributed by atoms with van der Waals surface area (Å²) in [6.07, 6.45) is 5.85. The zero-order valence-electron chi connectivity index (χ0n) is 20.1. The molecule has 0 saturated heterocycles. The Kier molecular flexibility index (Phi) is 9.42. The van der Waals surface area contributed by atoms with Gasteiger partial charge in [0, 0.05) is 24.4 Å². The van der Waals surface area contributed by atoms with E-state index in [2.05, 4.69) is 17.3 Å². The van der Waals surface area contributed by atoms with Crippen LogP contribution in [0.15, 0.2) is 30.3 Å². The summed E-state index contributed by atoms with van der Waals surface area (Å²) < 4.78 is 15.0. The first-order valence-electron chi connectivity index (χ1n) is 11.6. The fourth-order valence-electron chi connectivity index (χ4n) is 3.39. The van der Waals surface area contributed by atoms with Crippen molar-refractivity contribution in [3.63, 3.8) is 0 Å². The molecule has 2 aromatic rings. The maximum absolute atomic E-state index is 13.4. The van der Waals surface area contributed by atoms with E-state index in [4.69, 9.17) is 0 Å². The van der Waals surface area contributed by atoms with Crippen LogP contribution in [0.2, 0.25) is 0 Å². The van der Waals surface area contributed by atoms with E-state index in [1.54, 1.807) is 21.7 Å². The predicted molar refractivity (Wildman–Crippen MR) is 126 cm³/mol. The van der Waals surface area contributed by atoms with E-state index in [9.17, 15) is 14.0 Å². The lowest BCUT2D eigenvalue weighted by atomic mass is 9.92. The van der Waals surface area contributed by atoms with E-state index >= 15 is 0 Å². The molecule has 176 valence electrons. The molecule has 0 radical (unpaired) electrons. The summed E-state index contributed by atoms with van der Waals surface area (Å²) in [4.78, 5) is 26.9. The van der Waals surface area contributed by atoms with Crippen molar-refractivity contribution in [1.29, 1.82) is 0 Å². The van der Waals surface area contributed by atoms with Gasteiger partial charge in [-0.1, -0.05) is 53.4 Å². The van der Waals surface area contributed by atoms with Gasteiger partial charge in [0.15, 0.2) is 0 Å². The van der Waals surface area contributed by atoms with Crippen LogP contribution in [0.3, 0.4) is 0 Å². The molecule has 1 aromatic carbocycles. The molecule has 0 aliphatic carbocycles. The number of benzene rings is 1. The third kappa shape index (κ3) is 7.46. The minimum absolute atomic E-state index is 0.00145. The van der Waals surface area contributed by atoms with Crippen LogP contribution >= 0.6 is 0 Å². The molecular formula is C25H37FN4O2. The van der Waals surface area contributed by atoms with Crippen LogP contribution < -0.4 is 5.32 Å². The smallest absolute Gasteiger partial charge is 0.245 e. The SMILES string of the molecule is CCCCCCCC(=O)N(CC)CC(=O)Nc1cc(C(C)(C)C)nn1-c1ccc(F)cc1. The van der Waals surface area contributed by atoms with Crippen molar-refractivity contribution in [2.45, 2.75) is 78.6 Å². The first kappa shape index (κ1) is 25.6. The topological polar surface area (TPSA) is 67.2 Å². The predicted octanol–water partition coefficient (Wildman–Crippen LogP) is 5.46. The normalized spacial score (nSPS) is 11.4. The third-order valence-electron chi connectivity index (χ3n) is 5.38. The first-order valence-corrected chi connectivity index (χ1v) is 11.6. The monoisotopic (exact) mass is 444 g/mol. The van der Waals surface area contributed by atoms with E-state index < -0.39 is 0 Å². The second-order valence-electron chi connectivity index (χ2n) is 9.17. The van der Waals surface area contributed by atoms with Crippen LogP contribution in [-0.2, 0) is 15.0 Å². The number of rotatable bonds is 11. The number of amides is 2. The Hall–Kier alpha value is -2.70. The summed E-state index contributed by atoms with van der Waals surface area (Å²) in [5, 5.41) is 7.53. The lowest BCUT2D eigenvalue weighted by Crippen LogP contribution is -2.38. The van der Waals surface area contributed by atoms with Crippen LogP contribution in [0.25, 0.3) is 5.69 Å². The minimum atomic E-state index is -0.339. The van der Waals surface area contributed by atoms with Crippen LogP contribution in [0.1, 0.15) is 78.8 Å². The standard InChI is InChI=1S/C25H37FN4O2/c1-6-8-9-10-11-12-24(32)29(7-2)18-23(31)27-22-17-21(25(3,4)5)28-30(22)20-15-13-19(26)14-16-20/h13-17H,6-12,18H2,1-5H3,(H,27,31). The van der Waals surface area contributed by atoms with Gasteiger partial charge in [-0.25, -0.2) is 9.07 Å². The number of nitrogens with one attached hydrogen (secondary N) is 1. The van der Waals surface area contributed by atoms with E-state index in [-0.39, 0.29) is 29.6 Å². The molecule has 32 heavy (non-hydrogen) atoms. The number of carbonyl (C=O) groups is 2. The van der Waals surface area contributed by atoms with Crippen LogP contribution in [-0.4, -0.2) is 39.6 Å². The molecule has 0 aliphatic heterocycles. The number of nitrogens with zero attached hydrogens (tertiary/aromatic N) is 3. The van der Waals surface area contributed by atoms with Gasteiger partial charge in [0.25, 0.3) is 0 Å². The maximum Gasteiger partial charge on any atom is 0.245 e. The molecule has 1 aromatic heterocycles. The van der Waals surface area contributed by atoms with Crippen molar-refractivity contribution in [3.8, 4) is 5.69 Å². The number of carbonyl (C=O) groups excluding carboxylic acids is 2. The highest BCUT2D eigenvalue weighted by Crippen LogP contribution is 2.26. The molecule has 0 unspecified atom stereocenters. The number of anilines is 1. The van der Waals surface area contributed by atoms with Crippen LogP contribution in [0, 0.1) is 5.82 Å². The Morgan fingerprint density at radius 1 is 1.06 bits per heavy atom. The van der Waals surface area contributed by atoms with E-state index in [1.165, 1.54) is 25.0 Å². The Labute approximate surface area is 191 Å². The van der Waals surface area contributed by atoms with Crippen molar-refractivity contribution in [1.82, 2.24) is 14.7 Å². The molecule has 2 rings (SSSR count). The first-order chi connectivity index (χ1) is 15.2. The van der Waals surface area contributed by atoms with Gasteiger partial charge >= 0.3 is 0 Å². The highest BCUT2D eigenvalue weighted by Gasteiger charge is 2.22. The largest absolute Gasteiger partial charge is 0.334 e. The quantitative estimate of drug-likeness (QED) is 0.468. The molecule has 0 saturated carbocycles. The number of aromatic nitrogens is 2. The maximum atomic E-state index is 13.4. The molecule has 7 heteroatoms. The summed E-state index contributed by atoms with van der Waals surface area (Å²) in [5.74, 6) is -0.125. The van der Waals surface area contributed by atoms with Gasteiger partial charge in [-0.3, -0.25) is 9.59 Å². The number of hydrogen-bond acceptors (Lipinski definition) is 3. The molecule has 6 nitrogen and oxygen atoms in total. The molecule has 0 aliphatic rings.